The molecule has 4 aromatic rings. The van der Waals surface area contributed by atoms with Gasteiger partial charge >= 0.3 is 0 Å². The van der Waals surface area contributed by atoms with E-state index in [-0.39, 0.29) is 24.0 Å². The Hall–Kier alpha value is -4.89. The molecule has 3 N–H and O–H groups in total. The fraction of sp³-hybridized carbons (Fsp3) is 0.0968. The van der Waals surface area contributed by atoms with Crippen molar-refractivity contribution < 1.29 is 31.9 Å². The number of amides is 2. The number of nitrogens with zero attached hydrogens (tertiary/aromatic N) is 3. The number of ether oxygens (including phenoxy) is 2. The molecule has 1 saturated heterocycles. The minimum atomic E-state index is -3.86. The van der Waals surface area contributed by atoms with Gasteiger partial charge in [0.05, 0.1) is 35.9 Å². The van der Waals surface area contributed by atoms with Crippen molar-refractivity contribution in [1.82, 2.24) is 4.90 Å². The number of nitrogens with one attached hydrogen (secondary N) is 1. The molecule has 1 aliphatic heterocycles. The van der Waals surface area contributed by atoms with Crippen molar-refractivity contribution in [1.29, 1.82) is 0 Å². The fourth-order valence-electron chi connectivity index (χ4n) is 4.09. The maximum Gasteiger partial charge on any atom is 0.267 e. The number of hydrogen-bond acceptors (Lipinski definition) is 10. The SMILES string of the molecule is COc1ccc(/C=N/N=C2\S/C(=C\c3cc(Cl)ccc3OCC(=O)Nc3ccc(S(N)(=O)=O)cc3)C(=O)N2Cc2ccco2)cc1. The Morgan fingerprint density at radius 1 is 1.11 bits per heavy atom. The molecule has 0 saturated carbocycles. The van der Waals surface area contributed by atoms with E-state index in [9.17, 15) is 18.0 Å². The van der Waals surface area contributed by atoms with E-state index in [0.717, 1.165) is 17.3 Å². The van der Waals surface area contributed by atoms with Gasteiger partial charge < -0.3 is 19.2 Å². The first-order valence-corrected chi connectivity index (χ1v) is 16.2. The lowest BCUT2D eigenvalue weighted by atomic mass is 10.2. The van der Waals surface area contributed by atoms with E-state index in [4.69, 9.17) is 30.6 Å². The Morgan fingerprint density at radius 2 is 1.87 bits per heavy atom. The minimum absolute atomic E-state index is 0.0834. The summed E-state index contributed by atoms with van der Waals surface area (Å²) in [6.45, 7) is -0.252. The summed E-state index contributed by atoms with van der Waals surface area (Å²) < 4.78 is 39.3. The fourth-order valence-corrected chi connectivity index (χ4v) is 5.71. The van der Waals surface area contributed by atoms with E-state index in [1.807, 2.05) is 12.1 Å². The minimum Gasteiger partial charge on any atom is -0.497 e. The molecule has 15 heteroatoms. The van der Waals surface area contributed by atoms with Gasteiger partial charge in [-0.25, -0.2) is 13.6 Å². The number of halogens is 1. The van der Waals surface area contributed by atoms with Crippen molar-refractivity contribution in [3.8, 4) is 11.5 Å². The predicted octanol–water partition coefficient (Wildman–Crippen LogP) is 5.11. The summed E-state index contributed by atoms with van der Waals surface area (Å²) in [4.78, 5) is 27.8. The summed E-state index contributed by atoms with van der Waals surface area (Å²) in [5.74, 6) is 0.718. The van der Waals surface area contributed by atoms with Crippen molar-refractivity contribution in [2.24, 2.45) is 15.3 Å². The van der Waals surface area contributed by atoms with Gasteiger partial charge in [0.25, 0.3) is 11.8 Å². The highest BCUT2D eigenvalue weighted by molar-refractivity contribution is 8.18. The largest absolute Gasteiger partial charge is 0.497 e. The summed E-state index contributed by atoms with van der Waals surface area (Å²) in [7, 11) is -2.28. The second-order valence-corrected chi connectivity index (χ2v) is 12.6. The van der Waals surface area contributed by atoms with E-state index in [2.05, 4.69) is 15.5 Å². The molecule has 0 aliphatic carbocycles. The summed E-state index contributed by atoms with van der Waals surface area (Å²) >= 11 is 7.38. The average molecular weight is 680 g/mol. The molecule has 0 spiro atoms. The number of rotatable bonds is 11. The maximum absolute atomic E-state index is 13.6. The van der Waals surface area contributed by atoms with Crippen molar-refractivity contribution in [3.63, 3.8) is 0 Å². The number of carbonyl (C=O) groups excluding carboxylic acids is 2. The lowest BCUT2D eigenvalue weighted by Crippen LogP contribution is -2.28. The van der Waals surface area contributed by atoms with Gasteiger partial charge in [0.15, 0.2) is 11.8 Å². The Balaban J connectivity index is 1.33. The number of benzene rings is 3. The van der Waals surface area contributed by atoms with Crippen LogP contribution < -0.4 is 19.9 Å². The number of carbonyl (C=O) groups is 2. The number of furan rings is 1. The zero-order valence-electron chi connectivity index (χ0n) is 24.1. The molecule has 0 unspecified atom stereocenters. The molecular formula is C31H26ClN5O7S2. The van der Waals surface area contributed by atoms with Gasteiger partial charge in [-0.1, -0.05) is 11.6 Å². The Kier molecular flexibility index (Phi) is 10.2. The molecule has 2 heterocycles. The number of nitrogens with two attached hydrogens (primary N) is 1. The quantitative estimate of drug-likeness (QED) is 0.125. The van der Waals surface area contributed by atoms with E-state index >= 15 is 0 Å². The van der Waals surface area contributed by atoms with Gasteiger partial charge in [-0.3, -0.25) is 14.5 Å². The zero-order chi connectivity index (χ0) is 32.7. The smallest absolute Gasteiger partial charge is 0.267 e. The number of amidine groups is 1. The van der Waals surface area contributed by atoms with Gasteiger partial charge in [0.2, 0.25) is 10.0 Å². The monoisotopic (exact) mass is 679 g/mol. The van der Waals surface area contributed by atoms with Gasteiger partial charge in [-0.15, -0.1) is 5.10 Å². The molecule has 0 bridgehead atoms. The second kappa shape index (κ2) is 14.5. The molecule has 0 atom stereocenters. The molecule has 2 amide bonds. The summed E-state index contributed by atoms with van der Waals surface area (Å²) in [5.41, 5.74) is 1.60. The molecule has 5 rings (SSSR count). The standard InChI is InChI=1S/C31H26ClN5O7S2/c1-42-24-9-4-20(5-10-24)17-34-36-31-37(18-25-3-2-14-43-25)30(39)28(45-31)16-21-15-22(32)6-13-27(21)44-19-29(38)35-23-7-11-26(12-8-23)46(33,40)41/h2-17H,18-19H2,1H3,(H,35,38)(H2,33,40,41)/b28-16-,34-17+,36-31-. The third-order valence-corrected chi connectivity index (χ3v) is 8.49. The van der Waals surface area contributed by atoms with Gasteiger partial charge in [0.1, 0.15) is 17.3 Å². The molecule has 0 radical (unpaired) electrons. The first-order chi connectivity index (χ1) is 22.1. The first kappa shape index (κ1) is 32.5. The van der Waals surface area contributed by atoms with Crippen molar-refractivity contribution >= 4 is 68.3 Å². The molecule has 46 heavy (non-hydrogen) atoms. The van der Waals surface area contributed by atoms with Crippen molar-refractivity contribution in [3.05, 3.63) is 112 Å². The first-order valence-electron chi connectivity index (χ1n) is 13.4. The highest BCUT2D eigenvalue weighted by Crippen LogP contribution is 2.36. The Bertz CT molecular complexity index is 1930. The van der Waals surface area contributed by atoms with Crippen LogP contribution in [0.25, 0.3) is 6.08 Å². The van der Waals surface area contributed by atoms with E-state index in [1.165, 1.54) is 35.4 Å². The normalized spacial score (nSPS) is 15.2. The number of sulfonamides is 1. The molecule has 3 aromatic carbocycles. The van der Waals surface area contributed by atoms with Crippen LogP contribution in [0.5, 0.6) is 11.5 Å². The van der Waals surface area contributed by atoms with Crippen molar-refractivity contribution in [2.75, 3.05) is 19.0 Å². The zero-order valence-corrected chi connectivity index (χ0v) is 26.5. The van der Waals surface area contributed by atoms with Crippen LogP contribution in [0.15, 0.2) is 110 Å². The molecule has 236 valence electrons. The van der Waals surface area contributed by atoms with Gasteiger partial charge in [-0.05, 0) is 102 Å². The Labute approximate surface area is 273 Å². The highest BCUT2D eigenvalue weighted by Gasteiger charge is 2.34. The number of hydrogen-bond donors (Lipinski definition) is 2. The molecule has 1 aliphatic rings. The molecule has 12 nitrogen and oxygen atoms in total. The molecule has 1 fully saturated rings. The summed E-state index contributed by atoms with van der Waals surface area (Å²) in [6.07, 6.45) is 4.68. The van der Waals surface area contributed by atoms with Crippen LogP contribution >= 0.6 is 23.4 Å². The second-order valence-electron chi connectivity index (χ2n) is 9.57. The molecule has 1 aromatic heterocycles. The van der Waals surface area contributed by atoms with Crippen LogP contribution in [-0.4, -0.2) is 50.2 Å². The predicted molar refractivity (Wildman–Crippen MR) is 176 cm³/mol. The average Bonchev–Trinajstić information content (AvgIpc) is 3.65. The number of methoxy groups -OCH3 is 1. The Morgan fingerprint density at radius 3 is 2.54 bits per heavy atom. The van der Waals surface area contributed by atoms with Crippen LogP contribution in [0.3, 0.4) is 0 Å². The maximum atomic E-state index is 13.6. The topological polar surface area (TPSA) is 166 Å². The van der Waals surface area contributed by atoms with E-state index in [0.29, 0.717) is 43.6 Å². The highest BCUT2D eigenvalue weighted by atomic mass is 35.5. The van der Waals surface area contributed by atoms with Crippen LogP contribution in [0.2, 0.25) is 5.02 Å². The van der Waals surface area contributed by atoms with E-state index in [1.54, 1.807) is 61.9 Å². The van der Waals surface area contributed by atoms with Crippen LogP contribution in [0, 0.1) is 0 Å². The lowest BCUT2D eigenvalue weighted by molar-refractivity contribution is -0.122. The third kappa shape index (κ3) is 8.43. The lowest BCUT2D eigenvalue weighted by Gasteiger charge is -2.13. The van der Waals surface area contributed by atoms with Crippen LogP contribution in [0.1, 0.15) is 16.9 Å². The van der Waals surface area contributed by atoms with Crippen LogP contribution in [0.4, 0.5) is 5.69 Å². The third-order valence-electron chi connectivity index (χ3n) is 6.33. The number of thioether (sulfide) groups is 1. The van der Waals surface area contributed by atoms with Crippen molar-refractivity contribution in [2.45, 2.75) is 11.4 Å². The summed E-state index contributed by atoms with van der Waals surface area (Å²) in [5, 5.41) is 17.0. The number of anilines is 1. The molecular weight excluding hydrogens is 654 g/mol. The van der Waals surface area contributed by atoms with E-state index < -0.39 is 15.9 Å². The van der Waals surface area contributed by atoms with Gasteiger partial charge in [-0.2, -0.15) is 5.10 Å². The summed E-state index contributed by atoms with van der Waals surface area (Å²) in [6, 6.07) is 20.9. The van der Waals surface area contributed by atoms with Crippen LogP contribution in [-0.2, 0) is 26.2 Å². The number of primary sulfonamides is 1. The van der Waals surface area contributed by atoms with Gasteiger partial charge in [0, 0.05) is 16.3 Å².